The highest BCUT2D eigenvalue weighted by molar-refractivity contribution is 7.90. The Morgan fingerprint density at radius 2 is 1.45 bits per heavy atom. The summed E-state index contributed by atoms with van der Waals surface area (Å²) >= 11 is 6.18. The van der Waals surface area contributed by atoms with Crippen LogP contribution >= 0.6 is 11.6 Å². The zero-order valence-corrected chi connectivity index (χ0v) is 20.2. The molecule has 0 unspecified atom stereocenters. The van der Waals surface area contributed by atoms with Crippen molar-refractivity contribution < 1.29 is 31.2 Å². The average molecular weight is 505 g/mol. The molecule has 0 saturated heterocycles. The van der Waals surface area contributed by atoms with Crippen LogP contribution in [0.2, 0.25) is 5.02 Å². The molecule has 2 aromatic carbocycles. The van der Waals surface area contributed by atoms with E-state index in [4.69, 9.17) is 11.6 Å². The number of sulfonamides is 1. The summed E-state index contributed by atoms with van der Waals surface area (Å²) in [5, 5.41) is 2.95. The lowest BCUT2D eigenvalue weighted by atomic mass is 9.92. The van der Waals surface area contributed by atoms with Gasteiger partial charge in [0.15, 0.2) is 5.78 Å². The number of halogens is 4. The van der Waals surface area contributed by atoms with Gasteiger partial charge < -0.3 is 5.32 Å². The zero-order chi connectivity index (χ0) is 25.3. The van der Waals surface area contributed by atoms with Gasteiger partial charge in [0.1, 0.15) is 0 Å². The van der Waals surface area contributed by atoms with E-state index in [1.807, 2.05) is 27.7 Å². The van der Waals surface area contributed by atoms with E-state index < -0.39 is 44.0 Å². The quantitative estimate of drug-likeness (QED) is 0.450. The second kappa shape index (κ2) is 9.72. The van der Waals surface area contributed by atoms with Gasteiger partial charge in [0, 0.05) is 16.3 Å². The molecule has 180 valence electrons. The number of alkyl halides is 3. The van der Waals surface area contributed by atoms with Crippen LogP contribution in [0.3, 0.4) is 0 Å². The molecular formula is C22H24ClF3N2O4S. The van der Waals surface area contributed by atoms with Gasteiger partial charge >= 0.3 is 12.2 Å². The fourth-order valence-electron chi connectivity index (χ4n) is 3.15. The zero-order valence-electron chi connectivity index (χ0n) is 18.6. The van der Waals surface area contributed by atoms with Crippen molar-refractivity contribution in [1.82, 2.24) is 4.72 Å². The standard InChI is InChI=1S/C22H24ClF3N2O4S/c1-11(2)18-9-16(23)10-19(12(3)4)20(18)27-21(30)28-33(31,32)17-7-14(13(5)29)6-15(8-17)22(24,25)26/h6-12H,1-5H3,(H2,27,28,30). The molecule has 0 atom stereocenters. The van der Waals surface area contributed by atoms with Gasteiger partial charge in [-0.2, -0.15) is 13.2 Å². The van der Waals surface area contributed by atoms with Crippen LogP contribution in [-0.4, -0.2) is 20.2 Å². The maximum absolute atomic E-state index is 13.2. The van der Waals surface area contributed by atoms with Gasteiger partial charge in [0.25, 0.3) is 10.0 Å². The Kier molecular flexibility index (Phi) is 7.86. The van der Waals surface area contributed by atoms with Crippen molar-refractivity contribution >= 4 is 39.1 Å². The Morgan fingerprint density at radius 1 is 0.939 bits per heavy atom. The molecule has 0 saturated carbocycles. The smallest absolute Gasteiger partial charge is 0.307 e. The molecule has 0 aliphatic carbocycles. The molecule has 2 aromatic rings. The SMILES string of the molecule is CC(=O)c1cc(C(F)(F)F)cc(S(=O)(=O)NC(=O)Nc2c(C(C)C)cc(Cl)cc2C(C)C)c1. The predicted octanol–water partition coefficient (Wildman–Crippen LogP) is 6.32. The van der Waals surface area contributed by atoms with Crippen molar-refractivity contribution in [3.63, 3.8) is 0 Å². The van der Waals surface area contributed by atoms with Crippen molar-refractivity contribution in [3.05, 3.63) is 57.6 Å². The molecule has 6 nitrogen and oxygen atoms in total. The fraction of sp³-hybridized carbons (Fsp3) is 0.364. The van der Waals surface area contributed by atoms with E-state index in [9.17, 15) is 31.2 Å². The van der Waals surface area contributed by atoms with Crippen molar-refractivity contribution in [2.75, 3.05) is 5.32 Å². The first-order valence-electron chi connectivity index (χ1n) is 9.93. The van der Waals surface area contributed by atoms with Gasteiger partial charge in [-0.15, -0.1) is 0 Å². The summed E-state index contributed by atoms with van der Waals surface area (Å²) in [6.45, 7) is 8.46. The maximum atomic E-state index is 13.2. The molecule has 0 radical (unpaired) electrons. The van der Waals surface area contributed by atoms with E-state index >= 15 is 0 Å². The number of Topliss-reactive ketones (excluding diaryl/α,β-unsaturated/α-hetero) is 1. The third-order valence-electron chi connectivity index (χ3n) is 4.82. The Hall–Kier alpha value is -2.59. The Labute approximate surface area is 195 Å². The highest BCUT2D eigenvalue weighted by atomic mass is 35.5. The van der Waals surface area contributed by atoms with Crippen LogP contribution in [0.5, 0.6) is 0 Å². The maximum Gasteiger partial charge on any atom is 0.416 e. The number of urea groups is 1. The normalized spacial score (nSPS) is 12.2. The lowest BCUT2D eigenvalue weighted by Crippen LogP contribution is -2.35. The Morgan fingerprint density at radius 3 is 1.88 bits per heavy atom. The Bertz CT molecular complexity index is 1160. The fourth-order valence-corrected chi connectivity index (χ4v) is 4.36. The topological polar surface area (TPSA) is 92.3 Å². The van der Waals surface area contributed by atoms with Gasteiger partial charge in [-0.3, -0.25) is 4.79 Å². The molecule has 0 fully saturated rings. The first-order chi connectivity index (χ1) is 15.0. The number of amides is 2. The van der Waals surface area contributed by atoms with E-state index in [2.05, 4.69) is 5.32 Å². The summed E-state index contributed by atoms with van der Waals surface area (Å²) in [6.07, 6.45) is -4.89. The van der Waals surface area contributed by atoms with Gasteiger partial charge in [0.05, 0.1) is 10.5 Å². The van der Waals surface area contributed by atoms with E-state index in [1.165, 1.54) is 0 Å². The third-order valence-corrected chi connectivity index (χ3v) is 6.35. The second-order valence-electron chi connectivity index (χ2n) is 8.13. The lowest BCUT2D eigenvalue weighted by molar-refractivity contribution is -0.137. The van der Waals surface area contributed by atoms with Crippen LogP contribution in [0, 0.1) is 0 Å². The summed E-state index contributed by atoms with van der Waals surface area (Å²) < 4.78 is 66.8. The minimum Gasteiger partial charge on any atom is -0.307 e. The number of carbonyl (C=O) groups excluding carboxylic acids is 2. The largest absolute Gasteiger partial charge is 0.416 e. The van der Waals surface area contributed by atoms with E-state index in [1.54, 1.807) is 16.9 Å². The van der Waals surface area contributed by atoms with Crippen molar-refractivity contribution in [2.45, 2.75) is 57.5 Å². The predicted molar refractivity (Wildman–Crippen MR) is 120 cm³/mol. The molecule has 11 heteroatoms. The molecule has 0 aliphatic heterocycles. The number of benzene rings is 2. The van der Waals surface area contributed by atoms with Crippen LogP contribution in [0.25, 0.3) is 0 Å². The lowest BCUT2D eigenvalue weighted by Gasteiger charge is -2.21. The van der Waals surface area contributed by atoms with Crippen molar-refractivity contribution in [2.24, 2.45) is 0 Å². The summed E-state index contributed by atoms with van der Waals surface area (Å²) in [6, 6.07) is 3.84. The monoisotopic (exact) mass is 504 g/mol. The van der Waals surface area contributed by atoms with Crippen LogP contribution in [0.15, 0.2) is 35.2 Å². The summed E-state index contributed by atoms with van der Waals surface area (Å²) in [5.41, 5.74) is -0.0793. The van der Waals surface area contributed by atoms with Crippen LogP contribution < -0.4 is 10.0 Å². The minimum absolute atomic E-state index is 0.0744. The van der Waals surface area contributed by atoms with Crippen molar-refractivity contribution in [3.8, 4) is 0 Å². The highest BCUT2D eigenvalue weighted by Gasteiger charge is 2.33. The molecule has 2 N–H and O–H groups in total. The molecule has 2 amide bonds. The molecule has 0 aliphatic rings. The van der Waals surface area contributed by atoms with Crippen LogP contribution in [0.4, 0.5) is 23.7 Å². The molecule has 2 rings (SSSR count). The number of ketones is 1. The second-order valence-corrected chi connectivity index (χ2v) is 10.2. The van der Waals surface area contributed by atoms with Crippen molar-refractivity contribution in [1.29, 1.82) is 0 Å². The van der Waals surface area contributed by atoms with Gasteiger partial charge in [0.2, 0.25) is 0 Å². The molecule has 0 bridgehead atoms. The third kappa shape index (κ3) is 6.48. The number of carbonyl (C=O) groups is 2. The van der Waals surface area contributed by atoms with Gasteiger partial charge in [-0.1, -0.05) is 39.3 Å². The number of anilines is 1. The molecular weight excluding hydrogens is 481 g/mol. The molecule has 0 aromatic heterocycles. The van der Waals surface area contributed by atoms with Gasteiger partial charge in [-0.05, 0) is 60.2 Å². The summed E-state index contributed by atoms with van der Waals surface area (Å²) in [5.74, 6) is -0.907. The van der Waals surface area contributed by atoms with Gasteiger partial charge in [-0.25, -0.2) is 17.9 Å². The number of hydrogen-bond acceptors (Lipinski definition) is 4. The Balaban J connectivity index is 2.47. The van der Waals surface area contributed by atoms with E-state index in [-0.39, 0.29) is 11.8 Å². The molecule has 33 heavy (non-hydrogen) atoms. The van der Waals surface area contributed by atoms with E-state index in [0.717, 1.165) is 13.0 Å². The molecule has 0 heterocycles. The number of rotatable bonds is 6. The number of hydrogen-bond donors (Lipinski definition) is 2. The number of nitrogens with one attached hydrogen (secondary N) is 2. The average Bonchev–Trinajstić information content (AvgIpc) is 2.67. The van der Waals surface area contributed by atoms with E-state index in [0.29, 0.717) is 34.0 Å². The minimum atomic E-state index is -4.89. The van der Waals surface area contributed by atoms with Crippen LogP contribution in [0.1, 0.15) is 73.5 Å². The molecule has 0 spiro atoms. The first kappa shape index (κ1) is 26.7. The summed E-state index contributed by atoms with van der Waals surface area (Å²) in [7, 11) is -4.73. The summed E-state index contributed by atoms with van der Waals surface area (Å²) in [4.78, 5) is 23.4. The first-order valence-corrected chi connectivity index (χ1v) is 11.8. The van der Waals surface area contributed by atoms with Crippen LogP contribution in [-0.2, 0) is 16.2 Å². The highest BCUT2D eigenvalue weighted by Crippen LogP contribution is 2.36.